The average molecular weight is 430 g/mol. The molecule has 2 saturated carbocycles. The van der Waals surface area contributed by atoms with Gasteiger partial charge in [0, 0.05) is 12.6 Å². The first-order valence-electron chi connectivity index (χ1n) is 11.6. The number of nitrogens with zero attached hydrogens (tertiary/aromatic N) is 2. The van der Waals surface area contributed by atoms with Crippen LogP contribution in [0, 0.1) is 11.7 Å². The maximum Gasteiger partial charge on any atom is 0.325 e. The van der Waals surface area contributed by atoms with Crippen LogP contribution in [0.3, 0.4) is 0 Å². The lowest BCUT2D eigenvalue weighted by Gasteiger charge is -2.37. The number of nitrogens with one attached hydrogen (secondary N) is 1. The highest BCUT2D eigenvalue weighted by molar-refractivity contribution is 6.09. The van der Waals surface area contributed by atoms with Crippen LogP contribution in [0.25, 0.3) is 0 Å². The minimum atomic E-state index is -0.859. The molecule has 2 atom stereocenters. The van der Waals surface area contributed by atoms with Crippen molar-refractivity contribution in [3.05, 3.63) is 35.6 Å². The molecule has 3 aliphatic rings. The van der Waals surface area contributed by atoms with Crippen LogP contribution >= 0.6 is 0 Å². The number of halogens is 1. The Kier molecular flexibility index (Phi) is 6.30. The molecule has 0 radical (unpaired) electrons. The van der Waals surface area contributed by atoms with Gasteiger partial charge in [-0.2, -0.15) is 0 Å². The van der Waals surface area contributed by atoms with Gasteiger partial charge in [0.2, 0.25) is 5.91 Å². The Balaban J connectivity index is 1.51. The quantitative estimate of drug-likeness (QED) is 0.720. The van der Waals surface area contributed by atoms with Crippen molar-refractivity contribution >= 4 is 17.8 Å². The van der Waals surface area contributed by atoms with E-state index in [0.29, 0.717) is 13.0 Å². The second kappa shape index (κ2) is 8.97. The third kappa shape index (κ3) is 4.32. The number of benzene rings is 1. The van der Waals surface area contributed by atoms with Crippen molar-refractivity contribution < 1.29 is 18.8 Å². The second-order valence-corrected chi connectivity index (χ2v) is 9.38. The first-order valence-corrected chi connectivity index (χ1v) is 11.6. The Labute approximate surface area is 183 Å². The smallest absolute Gasteiger partial charge is 0.325 e. The van der Waals surface area contributed by atoms with Crippen molar-refractivity contribution in [2.24, 2.45) is 5.92 Å². The second-order valence-electron chi connectivity index (χ2n) is 9.38. The van der Waals surface area contributed by atoms with E-state index in [2.05, 4.69) is 5.32 Å². The number of rotatable bonds is 5. The molecular weight excluding hydrogens is 397 g/mol. The Hall–Kier alpha value is -2.44. The largest absolute Gasteiger partial charge is 0.334 e. The van der Waals surface area contributed by atoms with Crippen LogP contribution in [0.4, 0.5) is 9.18 Å². The molecule has 3 fully saturated rings. The molecule has 6 nitrogen and oxygen atoms in total. The molecule has 1 aliphatic heterocycles. The highest BCUT2D eigenvalue weighted by Crippen LogP contribution is 2.38. The SMILES string of the molecule is C[C@@H]1CCCC[C@]12NC(=O)N(CC(=O)N(Cc1ccc(F)cc1)C1CCCCC1)C2=O. The summed E-state index contributed by atoms with van der Waals surface area (Å²) in [5.74, 6) is -0.736. The van der Waals surface area contributed by atoms with Crippen LogP contribution in [0.5, 0.6) is 0 Å². The summed E-state index contributed by atoms with van der Waals surface area (Å²) >= 11 is 0. The van der Waals surface area contributed by atoms with E-state index in [1.807, 2.05) is 6.92 Å². The number of urea groups is 1. The van der Waals surface area contributed by atoms with E-state index < -0.39 is 11.6 Å². The molecule has 2 aliphatic carbocycles. The fraction of sp³-hybridized carbons (Fsp3) is 0.625. The molecule has 0 bridgehead atoms. The predicted molar refractivity (Wildman–Crippen MR) is 114 cm³/mol. The van der Waals surface area contributed by atoms with E-state index in [1.54, 1.807) is 17.0 Å². The Bertz CT molecular complexity index is 837. The maximum atomic E-state index is 13.4. The first-order chi connectivity index (χ1) is 14.9. The summed E-state index contributed by atoms with van der Waals surface area (Å²) < 4.78 is 13.3. The van der Waals surface area contributed by atoms with Gasteiger partial charge in [-0.1, -0.05) is 51.2 Å². The summed E-state index contributed by atoms with van der Waals surface area (Å²) in [4.78, 5) is 42.3. The predicted octanol–water partition coefficient (Wildman–Crippen LogP) is 3.99. The van der Waals surface area contributed by atoms with Gasteiger partial charge >= 0.3 is 6.03 Å². The minimum absolute atomic E-state index is 0.0615. The normalized spacial score (nSPS) is 26.9. The minimum Gasteiger partial charge on any atom is -0.334 e. The van der Waals surface area contributed by atoms with Gasteiger partial charge in [-0.15, -0.1) is 0 Å². The lowest BCUT2D eigenvalue weighted by molar-refractivity contribution is -0.142. The lowest BCUT2D eigenvalue weighted by atomic mass is 9.73. The molecule has 168 valence electrons. The zero-order chi connectivity index (χ0) is 22.0. The number of amides is 4. The summed E-state index contributed by atoms with van der Waals surface area (Å²) in [5, 5.41) is 2.92. The van der Waals surface area contributed by atoms with Gasteiger partial charge in [0.1, 0.15) is 17.9 Å². The van der Waals surface area contributed by atoms with E-state index in [9.17, 15) is 18.8 Å². The van der Waals surface area contributed by atoms with Crippen LogP contribution in [0.15, 0.2) is 24.3 Å². The average Bonchev–Trinajstić information content (AvgIpc) is 3.01. The van der Waals surface area contributed by atoms with E-state index in [0.717, 1.165) is 61.8 Å². The molecule has 1 spiro atoms. The zero-order valence-corrected chi connectivity index (χ0v) is 18.2. The van der Waals surface area contributed by atoms with E-state index >= 15 is 0 Å². The van der Waals surface area contributed by atoms with Crippen molar-refractivity contribution in [1.29, 1.82) is 0 Å². The topological polar surface area (TPSA) is 69.7 Å². The molecule has 4 rings (SSSR count). The van der Waals surface area contributed by atoms with Gasteiger partial charge in [-0.25, -0.2) is 9.18 Å². The summed E-state index contributed by atoms with van der Waals surface area (Å²) in [6, 6.07) is 5.78. The molecule has 31 heavy (non-hydrogen) atoms. The monoisotopic (exact) mass is 429 g/mol. The Morgan fingerprint density at radius 2 is 1.77 bits per heavy atom. The number of hydrogen-bond donors (Lipinski definition) is 1. The van der Waals surface area contributed by atoms with Crippen LogP contribution in [0.2, 0.25) is 0 Å². The molecule has 1 aromatic carbocycles. The highest BCUT2D eigenvalue weighted by atomic mass is 19.1. The summed E-state index contributed by atoms with van der Waals surface area (Å²) in [5.41, 5.74) is -0.0164. The number of carbonyl (C=O) groups is 3. The summed E-state index contributed by atoms with van der Waals surface area (Å²) in [6.45, 7) is 2.12. The van der Waals surface area contributed by atoms with Gasteiger partial charge in [-0.3, -0.25) is 14.5 Å². The van der Waals surface area contributed by atoms with Gasteiger partial charge in [-0.05, 0) is 49.3 Å². The van der Waals surface area contributed by atoms with Gasteiger partial charge in [0.25, 0.3) is 5.91 Å². The fourth-order valence-corrected chi connectivity index (χ4v) is 5.47. The van der Waals surface area contributed by atoms with E-state index in [1.165, 1.54) is 12.1 Å². The Morgan fingerprint density at radius 1 is 1.10 bits per heavy atom. The molecular formula is C24H32FN3O3. The molecule has 1 saturated heterocycles. The van der Waals surface area contributed by atoms with Gasteiger partial charge in [0.05, 0.1) is 0 Å². The Morgan fingerprint density at radius 3 is 2.45 bits per heavy atom. The standard InChI is InChI=1S/C24H32FN3O3/c1-17-7-5-6-14-24(17)22(30)28(23(31)26-24)16-21(29)27(20-8-3-2-4-9-20)15-18-10-12-19(25)13-11-18/h10-13,17,20H,2-9,14-16H2,1H3,(H,26,31)/t17-,24+/m1/s1. The van der Waals surface area contributed by atoms with E-state index in [-0.39, 0.29) is 36.1 Å². The summed E-state index contributed by atoms with van der Waals surface area (Å²) in [7, 11) is 0. The third-order valence-electron chi connectivity index (χ3n) is 7.40. The highest BCUT2D eigenvalue weighted by Gasteiger charge is 2.55. The summed E-state index contributed by atoms with van der Waals surface area (Å²) in [6.07, 6.45) is 8.57. The zero-order valence-electron chi connectivity index (χ0n) is 18.2. The van der Waals surface area contributed by atoms with Crippen molar-refractivity contribution in [3.8, 4) is 0 Å². The van der Waals surface area contributed by atoms with Gasteiger partial charge < -0.3 is 10.2 Å². The van der Waals surface area contributed by atoms with Crippen molar-refractivity contribution in [2.75, 3.05) is 6.54 Å². The van der Waals surface area contributed by atoms with Crippen molar-refractivity contribution in [2.45, 2.75) is 82.8 Å². The van der Waals surface area contributed by atoms with Crippen LogP contribution in [-0.2, 0) is 16.1 Å². The molecule has 1 aromatic rings. The first kappa shape index (κ1) is 21.8. The van der Waals surface area contributed by atoms with Crippen molar-refractivity contribution in [3.63, 3.8) is 0 Å². The maximum absolute atomic E-state index is 13.4. The van der Waals surface area contributed by atoms with Gasteiger partial charge in [0.15, 0.2) is 0 Å². The fourth-order valence-electron chi connectivity index (χ4n) is 5.47. The van der Waals surface area contributed by atoms with E-state index in [4.69, 9.17) is 0 Å². The number of hydrogen-bond acceptors (Lipinski definition) is 3. The lowest BCUT2D eigenvalue weighted by Crippen LogP contribution is -2.54. The molecule has 0 aromatic heterocycles. The van der Waals surface area contributed by atoms with Crippen molar-refractivity contribution in [1.82, 2.24) is 15.1 Å². The number of imide groups is 1. The molecule has 7 heteroatoms. The molecule has 4 amide bonds. The van der Waals surface area contributed by atoms with Crippen LogP contribution < -0.4 is 5.32 Å². The number of carbonyl (C=O) groups excluding carboxylic acids is 3. The van der Waals surface area contributed by atoms with Crippen LogP contribution in [-0.4, -0.2) is 45.8 Å². The molecule has 1 heterocycles. The molecule has 1 N–H and O–H groups in total. The molecule has 0 unspecified atom stereocenters. The van der Waals surface area contributed by atoms with Crippen LogP contribution in [0.1, 0.15) is 70.3 Å². The third-order valence-corrected chi connectivity index (χ3v) is 7.40.